The van der Waals surface area contributed by atoms with Crippen molar-refractivity contribution in [3.05, 3.63) is 94.5 Å². The average Bonchev–Trinajstić information content (AvgIpc) is 3.49. The van der Waals surface area contributed by atoms with Crippen LogP contribution >= 0.6 is 23.1 Å². The van der Waals surface area contributed by atoms with E-state index in [1.165, 1.54) is 0 Å². The third-order valence-electron chi connectivity index (χ3n) is 7.50. The molecule has 5 rings (SSSR count). The van der Waals surface area contributed by atoms with Crippen molar-refractivity contribution in [3.63, 3.8) is 0 Å². The minimum Gasteiger partial charge on any atom is -0.397 e. The Morgan fingerprint density at radius 2 is 1.70 bits per heavy atom. The van der Waals surface area contributed by atoms with Gasteiger partial charge >= 0.3 is 0 Å². The number of carbonyl (C=O) groups is 2. The predicted octanol–water partition coefficient (Wildman–Crippen LogP) is 6.79. The fraction of sp³-hybridized carbons (Fsp3) is 0.353. The fourth-order valence-electron chi connectivity index (χ4n) is 5.08. The maximum absolute atomic E-state index is 12.7. The second-order valence-electron chi connectivity index (χ2n) is 11.1. The molecule has 12 heteroatoms. The van der Waals surface area contributed by atoms with E-state index in [0.29, 0.717) is 54.9 Å². The van der Waals surface area contributed by atoms with Crippen LogP contribution in [0.1, 0.15) is 72.6 Å². The summed E-state index contributed by atoms with van der Waals surface area (Å²) in [6.45, 7) is 1.92. The molecule has 2 heterocycles. The highest BCUT2D eigenvalue weighted by atomic mass is 32.2. The van der Waals surface area contributed by atoms with Crippen LogP contribution in [0.5, 0.6) is 0 Å². The highest BCUT2D eigenvalue weighted by Crippen LogP contribution is 2.40. The van der Waals surface area contributed by atoms with Crippen molar-refractivity contribution in [3.8, 4) is 0 Å². The Morgan fingerprint density at radius 3 is 2.41 bits per heavy atom. The van der Waals surface area contributed by atoms with Gasteiger partial charge in [-0.1, -0.05) is 78.1 Å². The standard InChI is InChI=1S/C34H39N5O5S2/c1-22-38-39-34(46-22)45-21-27-19-30(24-16-14-23(20-40)15-17-24)44-33(43-27)25-8-7-9-26(18-25)36-31(41)12-3-2-4-13-32(42)37-29-11-6-5-10-28(29)35/h5-11,14-18,27,30,33,40H,2-4,12-13,19-21,35H2,1H3,(H,36,41)(H,37,42)/t27-,30+,33+/m1/s1. The van der Waals surface area contributed by atoms with Gasteiger partial charge in [-0.05, 0) is 55.2 Å². The predicted molar refractivity (Wildman–Crippen MR) is 181 cm³/mol. The molecule has 1 aliphatic heterocycles. The molecule has 0 unspecified atom stereocenters. The van der Waals surface area contributed by atoms with E-state index < -0.39 is 6.29 Å². The first-order valence-electron chi connectivity index (χ1n) is 15.3. The van der Waals surface area contributed by atoms with Crippen LogP contribution in [0.15, 0.2) is 77.1 Å². The van der Waals surface area contributed by atoms with Crippen LogP contribution in [-0.2, 0) is 25.7 Å². The molecule has 0 saturated carbocycles. The van der Waals surface area contributed by atoms with Crippen molar-refractivity contribution >= 4 is 52.0 Å². The molecule has 0 spiro atoms. The Kier molecular flexibility index (Phi) is 12.2. The van der Waals surface area contributed by atoms with Gasteiger partial charge in [0.1, 0.15) is 5.01 Å². The van der Waals surface area contributed by atoms with E-state index in [9.17, 15) is 14.7 Å². The third kappa shape index (κ3) is 9.84. The van der Waals surface area contributed by atoms with Crippen LogP contribution in [0.3, 0.4) is 0 Å². The Balaban J connectivity index is 1.14. The number of unbranched alkanes of at least 4 members (excludes halogenated alkanes) is 2. The molecule has 5 N–H and O–H groups in total. The normalized spacial score (nSPS) is 17.8. The zero-order valence-electron chi connectivity index (χ0n) is 25.7. The van der Waals surface area contributed by atoms with Gasteiger partial charge in [-0.25, -0.2) is 0 Å². The van der Waals surface area contributed by atoms with Crippen LogP contribution in [-0.4, -0.2) is 39.0 Å². The van der Waals surface area contributed by atoms with Gasteiger partial charge in [0.05, 0.1) is 30.2 Å². The molecule has 4 aromatic rings. The number of ether oxygens (including phenoxy) is 2. The first-order valence-corrected chi connectivity index (χ1v) is 17.1. The fourth-order valence-corrected chi connectivity index (χ4v) is 6.94. The average molecular weight is 662 g/mol. The maximum Gasteiger partial charge on any atom is 0.224 e. The topological polar surface area (TPSA) is 149 Å². The van der Waals surface area contributed by atoms with Gasteiger partial charge in [-0.3, -0.25) is 9.59 Å². The zero-order valence-corrected chi connectivity index (χ0v) is 27.3. The van der Waals surface area contributed by atoms with E-state index in [0.717, 1.165) is 32.5 Å². The number of nitrogen functional groups attached to an aromatic ring is 1. The monoisotopic (exact) mass is 661 g/mol. The summed E-state index contributed by atoms with van der Waals surface area (Å²) >= 11 is 3.18. The van der Waals surface area contributed by atoms with E-state index in [1.807, 2.05) is 67.6 Å². The van der Waals surface area contributed by atoms with Gasteiger partial charge in [-0.2, -0.15) is 0 Å². The lowest BCUT2D eigenvalue weighted by molar-refractivity contribution is -0.245. The van der Waals surface area contributed by atoms with Crippen LogP contribution < -0.4 is 16.4 Å². The number of rotatable bonds is 14. The quantitative estimate of drug-likeness (QED) is 0.0651. The van der Waals surface area contributed by atoms with E-state index in [-0.39, 0.29) is 30.6 Å². The number of hydrogen-bond acceptors (Lipinski definition) is 10. The summed E-state index contributed by atoms with van der Waals surface area (Å²) in [6, 6.07) is 22.5. The van der Waals surface area contributed by atoms with Gasteiger partial charge < -0.3 is 30.9 Å². The highest BCUT2D eigenvalue weighted by molar-refractivity contribution is 8.01. The lowest BCUT2D eigenvalue weighted by Gasteiger charge is -2.36. The minimum atomic E-state index is -0.632. The van der Waals surface area contributed by atoms with Gasteiger partial charge in [0.2, 0.25) is 11.8 Å². The molecule has 1 aliphatic rings. The zero-order chi connectivity index (χ0) is 32.3. The highest BCUT2D eigenvalue weighted by Gasteiger charge is 2.32. The number of para-hydroxylation sites is 2. The number of aliphatic hydroxyl groups excluding tert-OH is 1. The van der Waals surface area contributed by atoms with Crippen LogP contribution in [0, 0.1) is 6.92 Å². The van der Waals surface area contributed by atoms with Crippen molar-refractivity contribution in [2.75, 3.05) is 22.1 Å². The minimum absolute atomic E-state index is 0.0155. The van der Waals surface area contributed by atoms with Crippen LogP contribution in [0.4, 0.5) is 17.1 Å². The lowest BCUT2D eigenvalue weighted by Crippen LogP contribution is -2.31. The molecule has 3 atom stereocenters. The SMILES string of the molecule is Cc1nnc(SC[C@H]2C[C@@H](c3ccc(CO)cc3)O[C@@H](c3cccc(NC(=O)CCCCCC(=O)Nc4ccccc4N)c3)O2)s1. The molecular formula is C34H39N5O5S2. The van der Waals surface area contributed by atoms with E-state index >= 15 is 0 Å². The van der Waals surface area contributed by atoms with E-state index in [1.54, 1.807) is 35.2 Å². The number of thioether (sulfide) groups is 1. The van der Waals surface area contributed by atoms with Crippen molar-refractivity contribution in [1.29, 1.82) is 0 Å². The van der Waals surface area contributed by atoms with Gasteiger partial charge in [0.25, 0.3) is 0 Å². The first-order chi connectivity index (χ1) is 22.4. The second kappa shape index (κ2) is 16.7. The molecule has 10 nitrogen and oxygen atoms in total. The maximum atomic E-state index is 12.7. The van der Waals surface area contributed by atoms with Gasteiger partial charge in [-0.15, -0.1) is 10.2 Å². The molecule has 0 aliphatic carbocycles. The van der Waals surface area contributed by atoms with Gasteiger partial charge in [0, 0.05) is 36.3 Å². The summed E-state index contributed by atoms with van der Waals surface area (Å²) in [5, 5.41) is 24.6. The van der Waals surface area contributed by atoms with Crippen molar-refractivity contribution in [2.24, 2.45) is 0 Å². The summed E-state index contributed by atoms with van der Waals surface area (Å²) in [5.74, 6) is 0.512. The first kappa shape index (κ1) is 33.6. The number of hydrogen-bond donors (Lipinski definition) is 4. The molecule has 3 aromatic carbocycles. The Labute approximate surface area is 277 Å². The summed E-state index contributed by atoms with van der Waals surface area (Å²) < 4.78 is 13.8. The molecular weight excluding hydrogens is 623 g/mol. The number of aryl methyl sites for hydroxylation is 1. The summed E-state index contributed by atoms with van der Waals surface area (Å²) in [7, 11) is 0. The number of nitrogens with two attached hydrogens (primary N) is 1. The van der Waals surface area contributed by atoms with Crippen LogP contribution in [0.25, 0.3) is 0 Å². The van der Waals surface area contributed by atoms with E-state index in [2.05, 4.69) is 20.8 Å². The van der Waals surface area contributed by atoms with Gasteiger partial charge in [0.15, 0.2) is 10.6 Å². The lowest BCUT2D eigenvalue weighted by atomic mass is 10.0. The number of benzene rings is 3. The number of carbonyl (C=O) groups excluding carboxylic acids is 2. The number of aliphatic hydroxyl groups is 1. The van der Waals surface area contributed by atoms with Crippen LogP contribution in [0.2, 0.25) is 0 Å². The Bertz CT molecular complexity index is 1600. The Hall–Kier alpha value is -3.81. The number of nitrogens with one attached hydrogen (secondary N) is 2. The van der Waals surface area contributed by atoms with Crippen molar-refractivity contribution < 1.29 is 24.2 Å². The number of anilines is 3. The largest absolute Gasteiger partial charge is 0.397 e. The molecule has 1 fully saturated rings. The van der Waals surface area contributed by atoms with Crippen molar-refractivity contribution in [1.82, 2.24) is 10.2 Å². The van der Waals surface area contributed by atoms with E-state index in [4.69, 9.17) is 15.2 Å². The molecule has 0 bridgehead atoms. The second-order valence-corrected chi connectivity index (χ2v) is 13.6. The molecule has 2 amide bonds. The third-order valence-corrected chi connectivity index (χ3v) is 9.60. The molecule has 242 valence electrons. The molecule has 1 saturated heterocycles. The summed E-state index contributed by atoms with van der Waals surface area (Å²) in [5.41, 5.74) is 10.4. The van der Waals surface area contributed by atoms with Crippen molar-refractivity contribution in [2.45, 2.75) is 74.9 Å². The smallest absolute Gasteiger partial charge is 0.224 e. The molecule has 1 aromatic heterocycles. The number of nitrogens with zero attached hydrogens (tertiary/aromatic N) is 2. The summed E-state index contributed by atoms with van der Waals surface area (Å²) in [6.07, 6.45) is 2.54. The number of aromatic nitrogens is 2. The Morgan fingerprint density at radius 1 is 0.935 bits per heavy atom. The number of amides is 2. The molecule has 0 radical (unpaired) electrons. The summed E-state index contributed by atoms with van der Waals surface area (Å²) in [4.78, 5) is 25.0. The molecule has 46 heavy (non-hydrogen) atoms.